The number of hydrogen-bond acceptors (Lipinski definition) is 5. The standard InChI is InChI=1S/C15H18N2OS2/c1-19-12-4-2-11(3-5-12)14-17-13(10-20-14)15(16)6-8-18-9-7-15/h2-5,10H,6-9,16H2,1H3. The molecule has 1 aromatic heterocycles. The molecule has 1 fully saturated rings. The smallest absolute Gasteiger partial charge is 0.123 e. The first kappa shape index (κ1) is 14.1. The molecule has 0 atom stereocenters. The number of aromatic nitrogens is 1. The van der Waals surface area contributed by atoms with Crippen LogP contribution >= 0.6 is 23.1 Å². The van der Waals surface area contributed by atoms with Gasteiger partial charge in [-0.2, -0.15) is 0 Å². The molecule has 1 aliphatic rings. The molecule has 3 nitrogen and oxygen atoms in total. The predicted octanol–water partition coefficient (Wildman–Crippen LogP) is 3.50. The maximum Gasteiger partial charge on any atom is 0.123 e. The number of benzene rings is 1. The Morgan fingerprint density at radius 3 is 2.60 bits per heavy atom. The fourth-order valence-electron chi connectivity index (χ4n) is 2.36. The van der Waals surface area contributed by atoms with Crippen molar-refractivity contribution in [2.75, 3.05) is 19.5 Å². The van der Waals surface area contributed by atoms with Crippen LogP contribution in [0.2, 0.25) is 0 Å². The summed E-state index contributed by atoms with van der Waals surface area (Å²) in [5.74, 6) is 0. The molecule has 2 N–H and O–H groups in total. The van der Waals surface area contributed by atoms with Crippen LogP contribution in [0.25, 0.3) is 10.6 Å². The summed E-state index contributed by atoms with van der Waals surface area (Å²) < 4.78 is 5.40. The Labute approximate surface area is 127 Å². The molecule has 0 amide bonds. The van der Waals surface area contributed by atoms with E-state index in [9.17, 15) is 0 Å². The number of ether oxygens (including phenoxy) is 1. The molecule has 106 valence electrons. The molecular formula is C15H18N2OS2. The molecule has 2 heterocycles. The van der Waals surface area contributed by atoms with E-state index in [1.165, 1.54) is 4.90 Å². The highest BCUT2D eigenvalue weighted by Crippen LogP contribution is 2.33. The van der Waals surface area contributed by atoms with Gasteiger partial charge in [0.2, 0.25) is 0 Å². The Hall–Kier alpha value is -0.880. The second-order valence-corrected chi connectivity index (χ2v) is 6.77. The van der Waals surface area contributed by atoms with Crippen molar-refractivity contribution >= 4 is 23.1 Å². The van der Waals surface area contributed by atoms with Crippen molar-refractivity contribution in [2.45, 2.75) is 23.3 Å². The second kappa shape index (κ2) is 5.85. The zero-order valence-corrected chi connectivity index (χ0v) is 13.1. The highest BCUT2D eigenvalue weighted by Gasteiger charge is 2.32. The third-order valence-corrected chi connectivity index (χ3v) is 5.37. The first-order valence-corrected chi connectivity index (χ1v) is 8.79. The van der Waals surface area contributed by atoms with E-state index in [0.29, 0.717) is 0 Å². The summed E-state index contributed by atoms with van der Waals surface area (Å²) >= 11 is 3.42. The van der Waals surface area contributed by atoms with Crippen molar-refractivity contribution in [3.63, 3.8) is 0 Å². The minimum Gasteiger partial charge on any atom is -0.381 e. The number of nitrogens with zero attached hydrogens (tertiary/aromatic N) is 1. The van der Waals surface area contributed by atoms with Gasteiger partial charge in [-0.25, -0.2) is 4.98 Å². The normalized spacial score (nSPS) is 18.1. The Kier molecular flexibility index (Phi) is 4.12. The quantitative estimate of drug-likeness (QED) is 0.882. The van der Waals surface area contributed by atoms with E-state index < -0.39 is 0 Å². The lowest BCUT2D eigenvalue weighted by atomic mass is 9.88. The lowest BCUT2D eigenvalue weighted by molar-refractivity contribution is 0.0510. The van der Waals surface area contributed by atoms with Crippen molar-refractivity contribution in [2.24, 2.45) is 5.73 Å². The maximum absolute atomic E-state index is 6.48. The topological polar surface area (TPSA) is 48.1 Å². The van der Waals surface area contributed by atoms with Gasteiger partial charge >= 0.3 is 0 Å². The predicted molar refractivity (Wildman–Crippen MR) is 85.2 cm³/mol. The fourth-order valence-corrected chi connectivity index (χ4v) is 3.70. The first-order chi connectivity index (χ1) is 9.71. The average Bonchev–Trinajstić information content (AvgIpc) is 2.99. The van der Waals surface area contributed by atoms with Gasteiger partial charge in [0.1, 0.15) is 5.01 Å². The Morgan fingerprint density at radius 1 is 1.25 bits per heavy atom. The molecule has 0 saturated carbocycles. The monoisotopic (exact) mass is 306 g/mol. The van der Waals surface area contributed by atoms with Crippen molar-refractivity contribution < 1.29 is 4.74 Å². The van der Waals surface area contributed by atoms with Gasteiger partial charge in [0.25, 0.3) is 0 Å². The Morgan fingerprint density at radius 2 is 1.95 bits per heavy atom. The van der Waals surface area contributed by atoms with Crippen molar-refractivity contribution in [3.05, 3.63) is 35.3 Å². The average molecular weight is 306 g/mol. The Balaban J connectivity index is 1.85. The van der Waals surface area contributed by atoms with Crippen molar-refractivity contribution in [3.8, 4) is 10.6 Å². The first-order valence-electron chi connectivity index (χ1n) is 6.68. The third-order valence-electron chi connectivity index (χ3n) is 3.74. The minimum atomic E-state index is -0.313. The van der Waals surface area contributed by atoms with Crippen molar-refractivity contribution in [1.29, 1.82) is 0 Å². The van der Waals surface area contributed by atoms with E-state index in [-0.39, 0.29) is 5.54 Å². The van der Waals surface area contributed by atoms with Crippen LogP contribution < -0.4 is 5.73 Å². The summed E-state index contributed by atoms with van der Waals surface area (Å²) in [7, 11) is 0. The third kappa shape index (κ3) is 2.76. The molecule has 3 rings (SSSR count). The van der Waals surface area contributed by atoms with Gasteiger partial charge in [-0.05, 0) is 31.2 Å². The van der Waals surface area contributed by atoms with E-state index in [2.05, 4.69) is 35.9 Å². The van der Waals surface area contributed by atoms with Gasteiger partial charge < -0.3 is 10.5 Å². The van der Waals surface area contributed by atoms with Gasteiger partial charge in [0.15, 0.2) is 0 Å². The van der Waals surface area contributed by atoms with Crippen LogP contribution in [0.5, 0.6) is 0 Å². The van der Waals surface area contributed by atoms with Crippen LogP contribution in [-0.2, 0) is 10.3 Å². The SMILES string of the molecule is CSc1ccc(-c2nc(C3(N)CCOCC3)cs2)cc1. The summed E-state index contributed by atoms with van der Waals surface area (Å²) in [6.07, 6.45) is 3.78. The van der Waals surface area contributed by atoms with Crippen LogP contribution in [-0.4, -0.2) is 24.5 Å². The van der Waals surface area contributed by atoms with E-state index in [1.807, 2.05) is 0 Å². The summed E-state index contributed by atoms with van der Waals surface area (Å²) in [5, 5.41) is 3.15. The summed E-state index contributed by atoms with van der Waals surface area (Å²) in [6, 6.07) is 8.52. The number of nitrogens with two attached hydrogens (primary N) is 1. The number of hydrogen-bond donors (Lipinski definition) is 1. The van der Waals surface area contributed by atoms with Crippen LogP contribution in [0.3, 0.4) is 0 Å². The zero-order valence-electron chi connectivity index (χ0n) is 11.5. The van der Waals surface area contributed by atoms with Gasteiger partial charge in [0.05, 0.1) is 11.2 Å². The van der Waals surface area contributed by atoms with Gasteiger partial charge in [-0.1, -0.05) is 12.1 Å². The fraction of sp³-hybridized carbons (Fsp3) is 0.400. The molecule has 1 aromatic carbocycles. The van der Waals surface area contributed by atoms with Crippen LogP contribution in [0, 0.1) is 0 Å². The molecule has 0 spiro atoms. The molecule has 0 aliphatic carbocycles. The van der Waals surface area contributed by atoms with E-state index in [4.69, 9.17) is 15.5 Å². The highest BCUT2D eigenvalue weighted by atomic mass is 32.2. The Bertz CT molecular complexity index is 574. The number of thiazole rings is 1. The zero-order chi connectivity index (χ0) is 14.0. The van der Waals surface area contributed by atoms with E-state index in [1.54, 1.807) is 23.1 Å². The largest absolute Gasteiger partial charge is 0.381 e. The molecule has 0 unspecified atom stereocenters. The van der Waals surface area contributed by atoms with Crippen LogP contribution in [0.4, 0.5) is 0 Å². The lowest BCUT2D eigenvalue weighted by Crippen LogP contribution is -2.42. The van der Waals surface area contributed by atoms with Gasteiger partial charge in [0, 0.05) is 29.1 Å². The summed E-state index contributed by atoms with van der Waals surface area (Å²) in [5.41, 5.74) is 8.34. The molecule has 20 heavy (non-hydrogen) atoms. The molecule has 1 saturated heterocycles. The molecule has 1 aliphatic heterocycles. The van der Waals surface area contributed by atoms with Crippen LogP contribution in [0.15, 0.2) is 34.5 Å². The molecule has 2 aromatic rings. The number of thioether (sulfide) groups is 1. The lowest BCUT2D eigenvalue weighted by Gasteiger charge is -2.31. The van der Waals surface area contributed by atoms with E-state index >= 15 is 0 Å². The maximum atomic E-state index is 6.48. The van der Waals surface area contributed by atoms with E-state index in [0.717, 1.165) is 42.3 Å². The number of rotatable bonds is 3. The second-order valence-electron chi connectivity index (χ2n) is 5.03. The molecule has 0 radical (unpaired) electrons. The van der Waals surface area contributed by atoms with Crippen molar-refractivity contribution in [1.82, 2.24) is 4.98 Å². The molecule has 0 bridgehead atoms. The van der Waals surface area contributed by atoms with Gasteiger partial charge in [-0.3, -0.25) is 0 Å². The molecular weight excluding hydrogens is 288 g/mol. The minimum absolute atomic E-state index is 0.313. The highest BCUT2D eigenvalue weighted by molar-refractivity contribution is 7.98. The van der Waals surface area contributed by atoms with Crippen LogP contribution in [0.1, 0.15) is 18.5 Å². The summed E-state index contributed by atoms with van der Waals surface area (Å²) in [6.45, 7) is 1.46. The molecule has 5 heteroatoms. The van der Waals surface area contributed by atoms with Gasteiger partial charge in [-0.15, -0.1) is 23.1 Å². The summed E-state index contributed by atoms with van der Waals surface area (Å²) in [4.78, 5) is 6.03.